The zero-order chi connectivity index (χ0) is 10.6. The number of pyridine rings is 1. The van der Waals surface area contributed by atoms with Crippen molar-refractivity contribution in [2.24, 2.45) is 0 Å². The highest BCUT2D eigenvalue weighted by Crippen LogP contribution is 2.02. The van der Waals surface area contributed by atoms with Gasteiger partial charge in [-0.2, -0.15) is 0 Å². The van der Waals surface area contributed by atoms with E-state index in [-0.39, 0.29) is 6.42 Å². The molecule has 74 valence electrons. The van der Waals surface area contributed by atoms with Crippen LogP contribution in [0, 0.1) is 0 Å². The van der Waals surface area contributed by atoms with E-state index in [1.807, 2.05) is 0 Å². The van der Waals surface area contributed by atoms with E-state index in [4.69, 9.17) is 5.11 Å². The van der Waals surface area contributed by atoms with Crippen molar-refractivity contribution in [2.45, 2.75) is 6.42 Å². The Morgan fingerprint density at radius 1 is 1.50 bits per heavy atom. The molecule has 14 heavy (non-hydrogen) atoms. The van der Waals surface area contributed by atoms with Gasteiger partial charge in [0.1, 0.15) is 0 Å². The maximum Gasteiger partial charge on any atom is 0.339 e. The van der Waals surface area contributed by atoms with Crippen molar-refractivity contribution in [2.75, 3.05) is 7.11 Å². The Kier molecular flexibility index (Phi) is 3.17. The number of aliphatic carboxylic acids is 1. The molecule has 0 unspecified atom stereocenters. The van der Waals surface area contributed by atoms with E-state index in [1.54, 1.807) is 0 Å². The van der Waals surface area contributed by atoms with Crippen LogP contribution >= 0.6 is 0 Å². The molecule has 1 aromatic rings. The van der Waals surface area contributed by atoms with E-state index < -0.39 is 11.9 Å². The first-order chi connectivity index (χ1) is 6.63. The number of carboxylic acid groups (broad SMARTS) is 1. The average molecular weight is 195 g/mol. The monoisotopic (exact) mass is 195 g/mol. The normalized spacial score (nSPS) is 9.50. The van der Waals surface area contributed by atoms with E-state index >= 15 is 0 Å². The van der Waals surface area contributed by atoms with Crippen LogP contribution in [0.25, 0.3) is 0 Å². The number of ether oxygens (including phenoxy) is 1. The van der Waals surface area contributed by atoms with E-state index in [2.05, 4.69) is 9.72 Å². The number of nitrogens with zero attached hydrogens (tertiary/aromatic N) is 1. The summed E-state index contributed by atoms with van der Waals surface area (Å²) in [5, 5.41) is 8.46. The van der Waals surface area contributed by atoms with Crippen molar-refractivity contribution < 1.29 is 19.4 Å². The maximum absolute atomic E-state index is 11.0. The van der Waals surface area contributed by atoms with E-state index in [0.29, 0.717) is 11.3 Å². The summed E-state index contributed by atoms with van der Waals surface area (Å²) in [5.74, 6) is -1.44. The lowest BCUT2D eigenvalue weighted by Gasteiger charge is -1.99. The van der Waals surface area contributed by atoms with Gasteiger partial charge in [-0.05, 0) is 12.1 Å². The Morgan fingerprint density at radius 2 is 2.21 bits per heavy atom. The molecule has 0 aliphatic carbocycles. The quantitative estimate of drug-likeness (QED) is 0.710. The third-order valence-electron chi connectivity index (χ3n) is 1.58. The topological polar surface area (TPSA) is 76.5 Å². The van der Waals surface area contributed by atoms with Crippen molar-refractivity contribution in [1.29, 1.82) is 0 Å². The third kappa shape index (κ3) is 2.55. The largest absolute Gasteiger partial charge is 0.481 e. The highest BCUT2D eigenvalue weighted by molar-refractivity contribution is 5.88. The van der Waals surface area contributed by atoms with Gasteiger partial charge in [-0.15, -0.1) is 0 Å². The summed E-state index contributed by atoms with van der Waals surface area (Å²) in [5.41, 5.74) is 0.715. The summed E-state index contributed by atoms with van der Waals surface area (Å²) in [6.07, 6.45) is 1.14. The first kappa shape index (κ1) is 10.2. The molecule has 1 N–H and O–H groups in total. The molecule has 5 heteroatoms. The SMILES string of the molecule is COC(=O)c1ccc(CC(=O)O)nc1. The van der Waals surface area contributed by atoms with Crippen molar-refractivity contribution in [3.8, 4) is 0 Å². The first-order valence-electron chi connectivity index (χ1n) is 3.88. The van der Waals surface area contributed by atoms with Gasteiger partial charge in [-0.3, -0.25) is 9.78 Å². The molecular weight excluding hydrogens is 186 g/mol. The molecule has 5 nitrogen and oxygen atoms in total. The fraction of sp³-hybridized carbons (Fsp3) is 0.222. The van der Waals surface area contributed by atoms with Crippen molar-refractivity contribution in [3.63, 3.8) is 0 Å². The molecule has 0 saturated carbocycles. The highest BCUT2D eigenvalue weighted by Gasteiger charge is 2.06. The second-order valence-corrected chi connectivity index (χ2v) is 2.60. The average Bonchev–Trinajstić information content (AvgIpc) is 2.17. The van der Waals surface area contributed by atoms with Crippen LogP contribution in [0.1, 0.15) is 16.1 Å². The predicted molar refractivity (Wildman–Crippen MR) is 46.9 cm³/mol. The molecule has 0 atom stereocenters. The molecule has 0 saturated heterocycles. The number of carbonyl (C=O) groups is 2. The summed E-state index contributed by atoms with van der Waals surface area (Å²) in [6.45, 7) is 0. The molecule has 0 aliphatic rings. The predicted octanol–water partition coefficient (Wildman–Crippen LogP) is 0.495. The fourth-order valence-corrected chi connectivity index (χ4v) is 0.923. The lowest BCUT2D eigenvalue weighted by molar-refractivity contribution is -0.136. The highest BCUT2D eigenvalue weighted by atomic mass is 16.5. The van der Waals surface area contributed by atoms with Crippen LogP contribution < -0.4 is 0 Å². The number of rotatable bonds is 3. The number of methoxy groups -OCH3 is 1. The summed E-state index contributed by atoms with van der Waals surface area (Å²) < 4.78 is 4.46. The Balaban J connectivity index is 2.78. The third-order valence-corrected chi connectivity index (χ3v) is 1.58. The van der Waals surface area contributed by atoms with E-state index in [1.165, 1.54) is 25.4 Å². The summed E-state index contributed by atoms with van der Waals surface area (Å²) >= 11 is 0. The molecule has 1 aromatic heterocycles. The number of carboxylic acids is 1. The van der Waals surface area contributed by atoms with Gasteiger partial charge in [-0.25, -0.2) is 4.79 Å². The number of hydrogen-bond acceptors (Lipinski definition) is 4. The van der Waals surface area contributed by atoms with Crippen molar-refractivity contribution in [1.82, 2.24) is 4.98 Å². The van der Waals surface area contributed by atoms with Gasteiger partial charge in [0, 0.05) is 6.20 Å². The van der Waals surface area contributed by atoms with Crippen LogP contribution in [0.2, 0.25) is 0 Å². The Morgan fingerprint density at radius 3 is 2.64 bits per heavy atom. The second kappa shape index (κ2) is 4.36. The molecule has 0 radical (unpaired) electrons. The molecule has 0 amide bonds. The van der Waals surface area contributed by atoms with E-state index in [0.717, 1.165) is 0 Å². The van der Waals surface area contributed by atoms with Crippen LogP contribution in [0.3, 0.4) is 0 Å². The van der Waals surface area contributed by atoms with Crippen LogP contribution in [-0.2, 0) is 16.0 Å². The van der Waals surface area contributed by atoms with Crippen LogP contribution in [-0.4, -0.2) is 29.1 Å². The van der Waals surface area contributed by atoms with Gasteiger partial charge in [0.2, 0.25) is 0 Å². The van der Waals surface area contributed by atoms with Crippen molar-refractivity contribution >= 4 is 11.9 Å². The summed E-state index contributed by atoms with van der Waals surface area (Å²) in [7, 11) is 1.27. The lowest BCUT2D eigenvalue weighted by atomic mass is 10.2. The second-order valence-electron chi connectivity index (χ2n) is 2.60. The zero-order valence-corrected chi connectivity index (χ0v) is 7.56. The molecule has 0 aromatic carbocycles. The van der Waals surface area contributed by atoms with Gasteiger partial charge in [0.15, 0.2) is 0 Å². The molecule has 0 aliphatic heterocycles. The van der Waals surface area contributed by atoms with Crippen LogP contribution in [0.4, 0.5) is 0 Å². The number of carbonyl (C=O) groups excluding carboxylic acids is 1. The van der Waals surface area contributed by atoms with Gasteiger partial charge in [0.05, 0.1) is 24.8 Å². The Hall–Kier alpha value is -1.91. The Bertz CT molecular complexity index is 344. The maximum atomic E-state index is 11.0. The first-order valence-corrected chi connectivity index (χ1v) is 3.88. The Labute approximate surface area is 80.3 Å². The zero-order valence-electron chi connectivity index (χ0n) is 7.56. The smallest absolute Gasteiger partial charge is 0.339 e. The minimum absolute atomic E-state index is 0.151. The number of hydrogen-bond donors (Lipinski definition) is 1. The molecule has 0 spiro atoms. The van der Waals surface area contributed by atoms with Crippen LogP contribution in [0.5, 0.6) is 0 Å². The van der Waals surface area contributed by atoms with E-state index in [9.17, 15) is 9.59 Å². The number of esters is 1. The fourth-order valence-electron chi connectivity index (χ4n) is 0.923. The molecular formula is C9H9NO4. The van der Waals surface area contributed by atoms with Gasteiger partial charge >= 0.3 is 11.9 Å². The minimum Gasteiger partial charge on any atom is -0.481 e. The van der Waals surface area contributed by atoms with Gasteiger partial charge < -0.3 is 9.84 Å². The molecule has 1 heterocycles. The minimum atomic E-state index is -0.955. The molecule has 1 rings (SSSR count). The van der Waals surface area contributed by atoms with Gasteiger partial charge in [-0.1, -0.05) is 0 Å². The summed E-state index contributed by atoms with van der Waals surface area (Å²) in [6, 6.07) is 2.97. The number of aromatic nitrogens is 1. The summed E-state index contributed by atoms with van der Waals surface area (Å²) in [4.78, 5) is 25.1. The molecule has 0 bridgehead atoms. The van der Waals surface area contributed by atoms with Crippen molar-refractivity contribution in [3.05, 3.63) is 29.6 Å². The van der Waals surface area contributed by atoms with Gasteiger partial charge in [0.25, 0.3) is 0 Å². The standard InChI is InChI=1S/C9H9NO4/c1-14-9(13)6-2-3-7(10-5-6)4-8(11)12/h2-3,5H,4H2,1H3,(H,11,12). The molecule has 0 fully saturated rings. The lowest BCUT2D eigenvalue weighted by Crippen LogP contribution is -2.05. The van der Waals surface area contributed by atoms with Crippen LogP contribution in [0.15, 0.2) is 18.3 Å².